The highest BCUT2D eigenvalue weighted by atomic mass is 35.5. The molecule has 0 saturated carbocycles. The topological polar surface area (TPSA) is 52.7 Å². The lowest BCUT2D eigenvalue weighted by Gasteiger charge is -2.24. The maximum atomic E-state index is 12.8. The van der Waals surface area contributed by atoms with Gasteiger partial charge in [0.15, 0.2) is 0 Å². The summed E-state index contributed by atoms with van der Waals surface area (Å²) < 4.78 is 0. The van der Waals surface area contributed by atoms with Crippen LogP contribution in [0.1, 0.15) is 26.7 Å². The van der Waals surface area contributed by atoms with E-state index in [0.717, 1.165) is 24.5 Å². The normalized spacial score (nSPS) is 16.5. The summed E-state index contributed by atoms with van der Waals surface area (Å²) in [6, 6.07) is 14.3. The first-order valence-corrected chi connectivity index (χ1v) is 9.64. The molecule has 0 bridgehead atoms. The molecular formula is C21H24ClN3O2. The number of anilines is 3. The van der Waals surface area contributed by atoms with E-state index in [2.05, 4.69) is 24.1 Å². The first-order valence-electron chi connectivity index (χ1n) is 9.27. The molecule has 6 heteroatoms. The lowest BCUT2D eigenvalue weighted by molar-refractivity contribution is -0.120. The van der Waals surface area contributed by atoms with E-state index in [1.165, 1.54) is 0 Å². The molecule has 2 amide bonds. The second kappa shape index (κ2) is 8.44. The Morgan fingerprint density at radius 1 is 1.11 bits per heavy atom. The number of carbonyl (C=O) groups is 2. The maximum Gasteiger partial charge on any atom is 0.247 e. The van der Waals surface area contributed by atoms with Crippen LogP contribution in [0.4, 0.5) is 17.1 Å². The molecule has 3 rings (SSSR count). The Morgan fingerprint density at radius 3 is 2.33 bits per heavy atom. The van der Waals surface area contributed by atoms with Crippen LogP contribution in [0.2, 0.25) is 5.02 Å². The van der Waals surface area contributed by atoms with Crippen molar-refractivity contribution in [3.05, 3.63) is 53.6 Å². The van der Waals surface area contributed by atoms with E-state index < -0.39 is 6.04 Å². The quantitative estimate of drug-likeness (QED) is 0.805. The molecule has 1 aliphatic heterocycles. The number of rotatable bonds is 6. The Bertz CT molecular complexity index is 801. The summed E-state index contributed by atoms with van der Waals surface area (Å²) in [6.45, 7) is 6.09. The molecule has 27 heavy (non-hydrogen) atoms. The van der Waals surface area contributed by atoms with Gasteiger partial charge in [-0.05, 0) is 68.8 Å². The molecule has 0 spiro atoms. The van der Waals surface area contributed by atoms with E-state index in [-0.39, 0.29) is 11.8 Å². The molecule has 2 aromatic rings. The zero-order valence-electron chi connectivity index (χ0n) is 15.6. The van der Waals surface area contributed by atoms with E-state index in [1.807, 2.05) is 24.3 Å². The van der Waals surface area contributed by atoms with Gasteiger partial charge in [0.25, 0.3) is 0 Å². The number of benzene rings is 2. The van der Waals surface area contributed by atoms with Crippen LogP contribution in [0.5, 0.6) is 0 Å². The average Bonchev–Trinajstić information content (AvgIpc) is 3.06. The summed E-state index contributed by atoms with van der Waals surface area (Å²) >= 11 is 5.93. The van der Waals surface area contributed by atoms with E-state index in [9.17, 15) is 9.59 Å². The Morgan fingerprint density at radius 2 is 1.74 bits per heavy atom. The third-order valence-electron chi connectivity index (χ3n) is 4.88. The van der Waals surface area contributed by atoms with Crippen molar-refractivity contribution in [2.45, 2.75) is 32.7 Å². The molecule has 1 saturated heterocycles. The Hall–Kier alpha value is -2.53. The number of hydrogen-bond acceptors (Lipinski definition) is 3. The lowest BCUT2D eigenvalue weighted by Crippen LogP contribution is -2.41. The van der Waals surface area contributed by atoms with Gasteiger partial charge in [0.2, 0.25) is 11.8 Å². The molecule has 0 radical (unpaired) electrons. The number of hydrogen-bond donors (Lipinski definition) is 1. The van der Waals surface area contributed by atoms with Crippen LogP contribution < -0.4 is 15.1 Å². The minimum absolute atomic E-state index is 0.0469. The summed E-state index contributed by atoms with van der Waals surface area (Å²) in [5.41, 5.74) is 2.54. The van der Waals surface area contributed by atoms with E-state index in [1.54, 1.807) is 29.2 Å². The monoisotopic (exact) mass is 385 g/mol. The van der Waals surface area contributed by atoms with E-state index >= 15 is 0 Å². The number of nitrogens with one attached hydrogen (secondary N) is 1. The SMILES string of the molecule is CCN(CC)c1ccc(NC(=O)C2CCC(=O)N2c2ccc(Cl)cc2)cc1. The summed E-state index contributed by atoms with van der Waals surface area (Å²) in [4.78, 5) is 28.9. The number of halogens is 1. The fourth-order valence-electron chi connectivity index (χ4n) is 3.43. The van der Waals surface area contributed by atoms with Gasteiger partial charge in [-0.2, -0.15) is 0 Å². The second-order valence-electron chi connectivity index (χ2n) is 6.50. The average molecular weight is 386 g/mol. The number of carbonyl (C=O) groups excluding carboxylic acids is 2. The zero-order chi connectivity index (χ0) is 19.4. The largest absolute Gasteiger partial charge is 0.372 e. The van der Waals surface area contributed by atoms with Crippen molar-refractivity contribution in [1.82, 2.24) is 0 Å². The minimum Gasteiger partial charge on any atom is -0.372 e. The lowest BCUT2D eigenvalue weighted by atomic mass is 10.1. The van der Waals surface area contributed by atoms with Crippen LogP contribution in [0.15, 0.2) is 48.5 Å². The van der Waals surface area contributed by atoms with Crippen LogP contribution in [0, 0.1) is 0 Å². The molecule has 142 valence electrons. The van der Waals surface area contributed by atoms with Gasteiger partial charge in [-0.3, -0.25) is 14.5 Å². The van der Waals surface area contributed by atoms with E-state index in [4.69, 9.17) is 11.6 Å². The first kappa shape index (κ1) is 19.2. The predicted octanol–water partition coefficient (Wildman–Crippen LogP) is 4.32. The third-order valence-corrected chi connectivity index (χ3v) is 5.13. The summed E-state index contributed by atoms with van der Waals surface area (Å²) in [5, 5.41) is 3.54. The predicted molar refractivity (Wildman–Crippen MR) is 111 cm³/mol. The minimum atomic E-state index is -0.513. The van der Waals surface area contributed by atoms with Crippen molar-refractivity contribution in [2.24, 2.45) is 0 Å². The third kappa shape index (κ3) is 4.25. The summed E-state index contributed by atoms with van der Waals surface area (Å²) in [5.74, 6) is -0.222. The smallest absolute Gasteiger partial charge is 0.247 e. The Balaban J connectivity index is 1.73. The van der Waals surface area contributed by atoms with Crippen LogP contribution >= 0.6 is 11.6 Å². The second-order valence-corrected chi connectivity index (χ2v) is 6.94. The Kier molecular flexibility index (Phi) is 6.01. The fraction of sp³-hybridized carbons (Fsp3) is 0.333. The van der Waals surface area contributed by atoms with Gasteiger partial charge in [-0.15, -0.1) is 0 Å². The molecule has 2 aromatic carbocycles. The molecule has 5 nitrogen and oxygen atoms in total. The maximum absolute atomic E-state index is 12.8. The van der Waals surface area contributed by atoms with Gasteiger partial charge in [0, 0.05) is 41.6 Å². The highest BCUT2D eigenvalue weighted by Crippen LogP contribution is 2.29. The zero-order valence-corrected chi connectivity index (χ0v) is 16.4. The van der Waals surface area contributed by atoms with Gasteiger partial charge < -0.3 is 10.2 Å². The van der Waals surface area contributed by atoms with Crippen molar-refractivity contribution < 1.29 is 9.59 Å². The van der Waals surface area contributed by atoms with Crippen LogP contribution in [0.25, 0.3) is 0 Å². The summed E-state index contributed by atoms with van der Waals surface area (Å²) in [7, 11) is 0. The molecule has 0 aromatic heterocycles. The highest BCUT2D eigenvalue weighted by Gasteiger charge is 2.37. The molecule has 1 N–H and O–H groups in total. The van der Waals surface area contributed by atoms with Gasteiger partial charge in [-0.25, -0.2) is 0 Å². The molecule has 1 fully saturated rings. The van der Waals surface area contributed by atoms with Crippen molar-refractivity contribution in [3.8, 4) is 0 Å². The van der Waals surface area contributed by atoms with Crippen molar-refractivity contribution in [1.29, 1.82) is 0 Å². The van der Waals surface area contributed by atoms with Crippen molar-refractivity contribution in [3.63, 3.8) is 0 Å². The fourth-order valence-corrected chi connectivity index (χ4v) is 3.55. The number of amides is 2. The van der Waals surface area contributed by atoms with Crippen LogP contribution in [-0.2, 0) is 9.59 Å². The molecular weight excluding hydrogens is 362 g/mol. The summed E-state index contributed by atoms with van der Waals surface area (Å²) in [6.07, 6.45) is 0.867. The number of nitrogens with zero attached hydrogens (tertiary/aromatic N) is 2. The van der Waals surface area contributed by atoms with Crippen molar-refractivity contribution in [2.75, 3.05) is 28.2 Å². The standard InChI is InChI=1S/C21H24ClN3O2/c1-3-24(4-2)17-11-7-16(8-12-17)23-21(27)19-13-14-20(26)25(19)18-9-5-15(22)6-10-18/h5-12,19H,3-4,13-14H2,1-2H3,(H,23,27). The molecule has 1 atom stereocenters. The molecule has 0 aliphatic carbocycles. The highest BCUT2D eigenvalue weighted by molar-refractivity contribution is 6.30. The van der Waals surface area contributed by atoms with Gasteiger partial charge in [0.05, 0.1) is 0 Å². The van der Waals surface area contributed by atoms with Gasteiger partial charge >= 0.3 is 0 Å². The van der Waals surface area contributed by atoms with Crippen molar-refractivity contribution >= 4 is 40.5 Å². The molecule has 1 aliphatic rings. The van der Waals surface area contributed by atoms with Gasteiger partial charge in [0.1, 0.15) is 6.04 Å². The first-order chi connectivity index (χ1) is 13.0. The molecule has 1 unspecified atom stereocenters. The Labute approximate surface area is 164 Å². The molecule has 1 heterocycles. The van der Waals surface area contributed by atoms with Crippen LogP contribution in [-0.4, -0.2) is 30.9 Å². The van der Waals surface area contributed by atoms with Gasteiger partial charge in [-0.1, -0.05) is 11.6 Å². The van der Waals surface area contributed by atoms with Crippen LogP contribution in [0.3, 0.4) is 0 Å². The van der Waals surface area contributed by atoms with E-state index in [0.29, 0.717) is 23.6 Å².